The van der Waals surface area contributed by atoms with Crippen molar-refractivity contribution in [2.45, 2.75) is 26.7 Å². The Labute approximate surface area is 172 Å². The number of piperidine rings is 1. The number of nitrogens with zero attached hydrogens (tertiary/aromatic N) is 4. The molecule has 3 heterocycles. The number of aryl methyl sites for hydroxylation is 2. The number of carbonyl (C=O) groups is 1. The predicted octanol–water partition coefficient (Wildman–Crippen LogP) is 2.79. The highest BCUT2D eigenvalue weighted by Crippen LogP contribution is 2.25. The van der Waals surface area contributed by atoms with Crippen LogP contribution in [0.3, 0.4) is 0 Å². The molecule has 154 valence electrons. The second kappa shape index (κ2) is 8.78. The molecule has 2 aliphatic heterocycles. The van der Waals surface area contributed by atoms with Crippen LogP contribution in [-0.2, 0) is 9.53 Å². The maximum Gasteiger partial charge on any atom is 0.227 e. The van der Waals surface area contributed by atoms with E-state index in [1.54, 1.807) is 0 Å². The maximum atomic E-state index is 12.7. The molecule has 2 fully saturated rings. The summed E-state index contributed by atoms with van der Waals surface area (Å²) in [6, 6.07) is 6.06. The summed E-state index contributed by atoms with van der Waals surface area (Å²) < 4.78 is 5.38. The molecular formula is C22H29N5O2. The quantitative estimate of drug-likeness (QED) is 0.858. The number of ether oxygens (including phenoxy) is 1. The van der Waals surface area contributed by atoms with Gasteiger partial charge in [-0.1, -0.05) is 6.07 Å². The van der Waals surface area contributed by atoms with E-state index in [2.05, 4.69) is 38.9 Å². The van der Waals surface area contributed by atoms with Crippen LogP contribution in [0, 0.1) is 19.8 Å². The standard InChI is InChI=1S/C22H29N5O2/c1-16-3-4-19(13-17(16)2)25-21(28)18-5-7-26(8-6-18)20-14-23-22(24-15-20)27-9-11-29-12-10-27/h3-4,13-15,18H,5-12H2,1-2H3,(H,25,28). The van der Waals surface area contributed by atoms with Crippen LogP contribution in [0.15, 0.2) is 30.6 Å². The lowest BCUT2D eigenvalue weighted by molar-refractivity contribution is -0.120. The lowest BCUT2D eigenvalue weighted by atomic mass is 9.95. The summed E-state index contributed by atoms with van der Waals surface area (Å²) in [5, 5.41) is 3.08. The summed E-state index contributed by atoms with van der Waals surface area (Å²) in [7, 11) is 0. The molecule has 1 aromatic heterocycles. The largest absolute Gasteiger partial charge is 0.378 e. The second-order valence-corrected chi connectivity index (χ2v) is 7.89. The number of morpholine rings is 1. The van der Waals surface area contributed by atoms with Gasteiger partial charge in [0.1, 0.15) is 0 Å². The van der Waals surface area contributed by atoms with Crippen LogP contribution in [0.4, 0.5) is 17.3 Å². The molecule has 29 heavy (non-hydrogen) atoms. The number of hydrogen-bond donors (Lipinski definition) is 1. The van der Waals surface area contributed by atoms with Gasteiger partial charge >= 0.3 is 0 Å². The van der Waals surface area contributed by atoms with Crippen molar-refractivity contribution < 1.29 is 9.53 Å². The third-order valence-electron chi connectivity index (χ3n) is 5.92. The molecule has 1 N–H and O–H groups in total. The minimum Gasteiger partial charge on any atom is -0.378 e. The van der Waals surface area contributed by atoms with Gasteiger partial charge in [0.15, 0.2) is 0 Å². The van der Waals surface area contributed by atoms with Crippen molar-refractivity contribution in [2.24, 2.45) is 5.92 Å². The number of hydrogen-bond acceptors (Lipinski definition) is 6. The van der Waals surface area contributed by atoms with Gasteiger partial charge in [-0.2, -0.15) is 0 Å². The molecule has 1 amide bonds. The van der Waals surface area contributed by atoms with Crippen LogP contribution in [-0.4, -0.2) is 55.3 Å². The van der Waals surface area contributed by atoms with Crippen LogP contribution in [0.25, 0.3) is 0 Å². The van der Waals surface area contributed by atoms with E-state index in [4.69, 9.17) is 4.74 Å². The molecule has 7 nitrogen and oxygen atoms in total. The van der Waals surface area contributed by atoms with Crippen LogP contribution < -0.4 is 15.1 Å². The number of aromatic nitrogens is 2. The summed E-state index contributed by atoms with van der Waals surface area (Å²) in [6.07, 6.45) is 5.46. The first-order valence-corrected chi connectivity index (χ1v) is 10.4. The Morgan fingerprint density at radius 1 is 1.00 bits per heavy atom. The fraction of sp³-hybridized carbons (Fsp3) is 0.500. The topological polar surface area (TPSA) is 70.6 Å². The number of nitrogens with one attached hydrogen (secondary N) is 1. The van der Waals surface area contributed by atoms with Gasteiger partial charge in [0.25, 0.3) is 0 Å². The van der Waals surface area contributed by atoms with Gasteiger partial charge in [-0.25, -0.2) is 9.97 Å². The molecule has 1 aromatic carbocycles. The van der Waals surface area contributed by atoms with Gasteiger partial charge in [0, 0.05) is 37.8 Å². The second-order valence-electron chi connectivity index (χ2n) is 7.89. The molecule has 0 bridgehead atoms. The first-order valence-electron chi connectivity index (χ1n) is 10.4. The van der Waals surface area contributed by atoms with Gasteiger partial charge in [-0.3, -0.25) is 4.79 Å². The Morgan fingerprint density at radius 3 is 2.34 bits per heavy atom. The average Bonchev–Trinajstić information content (AvgIpc) is 2.77. The van der Waals surface area contributed by atoms with Crippen molar-refractivity contribution in [3.63, 3.8) is 0 Å². The van der Waals surface area contributed by atoms with Crippen LogP contribution in [0.1, 0.15) is 24.0 Å². The summed E-state index contributed by atoms with van der Waals surface area (Å²) in [4.78, 5) is 26.2. The lowest BCUT2D eigenvalue weighted by Crippen LogP contribution is -2.39. The molecule has 0 aliphatic carbocycles. The Bertz CT molecular complexity index is 841. The molecule has 0 spiro atoms. The van der Waals surface area contributed by atoms with Crippen molar-refractivity contribution in [3.8, 4) is 0 Å². The first kappa shape index (κ1) is 19.6. The summed E-state index contributed by atoms with van der Waals surface area (Å²) in [6.45, 7) is 8.94. The van der Waals surface area contributed by atoms with Crippen LogP contribution >= 0.6 is 0 Å². The van der Waals surface area contributed by atoms with Crippen molar-refractivity contribution in [1.29, 1.82) is 0 Å². The lowest BCUT2D eigenvalue weighted by Gasteiger charge is -2.33. The van der Waals surface area contributed by atoms with Crippen molar-refractivity contribution >= 4 is 23.2 Å². The molecule has 7 heteroatoms. The molecular weight excluding hydrogens is 366 g/mol. The Hall–Kier alpha value is -2.67. The van der Waals surface area contributed by atoms with E-state index >= 15 is 0 Å². The fourth-order valence-electron chi connectivity index (χ4n) is 3.87. The van der Waals surface area contributed by atoms with Crippen LogP contribution in [0.2, 0.25) is 0 Å². The smallest absolute Gasteiger partial charge is 0.227 e. The molecule has 0 radical (unpaired) electrons. The zero-order valence-electron chi connectivity index (χ0n) is 17.2. The summed E-state index contributed by atoms with van der Waals surface area (Å²) >= 11 is 0. The van der Waals surface area contributed by atoms with Gasteiger partial charge in [0.05, 0.1) is 31.3 Å². The normalized spacial score (nSPS) is 18.0. The molecule has 0 unspecified atom stereocenters. The molecule has 4 rings (SSSR count). The average molecular weight is 396 g/mol. The van der Waals surface area contributed by atoms with Crippen molar-refractivity contribution in [1.82, 2.24) is 9.97 Å². The summed E-state index contributed by atoms with van der Waals surface area (Å²) in [5.41, 5.74) is 4.33. The monoisotopic (exact) mass is 395 g/mol. The van der Waals surface area contributed by atoms with E-state index < -0.39 is 0 Å². The molecule has 0 atom stereocenters. The number of rotatable bonds is 4. The van der Waals surface area contributed by atoms with E-state index in [1.807, 2.05) is 30.6 Å². The minimum atomic E-state index is 0.0430. The molecule has 0 saturated carbocycles. The zero-order valence-corrected chi connectivity index (χ0v) is 17.2. The minimum absolute atomic E-state index is 0.0430. The number of benzene rings is 1. The van der Waals surface area contributed by atoms with E-state index in [9.17, 15) is 4.79 Å². The third kappa shape index (κ3) is 4.67. The fourth-order valence-corrected chi connectivity index (χ4v) is 3.87. The molecule has 2 aliphatic rings. The van der Waals surface area contributed by atoms with Crippen LogP contribution in [0.5, 0.6) is 0 Å². The molecule has 2 aromatic rings. The number of amides is 1. The Morgan fingerprint density at radius 2 is 1.69 bits per heavy atom. The Balaban J connectivity index is 1.30. The van der Waals surface area contributed by atoms with Gasteiger partial charge < -0.3 is 19.9 Å². The maximum absolute atomic E-state index is 12.7. The highest BCUT2D eigenvalue weighted by atomic mass is 16.5. The van der Waals surface area contributed by atoms with Gasteiger partial charge in [-0.15, -0.1) is 0 Å². The van der Waals surface area contributed by atoms with Gasteiger partial charge in [-0.05, 0) is 49.9 Å². The predicted molar refractivity (Wildman–Crippen MR) is 115 cm³/mol. The zero-order chi connectivity index (χ0) is 20.2. The van der Waals surface area contributed by atoms with E-state index in [0.717, 1.165) is 69.6 Å². The van der Waals surface area contributed by atoms with Crippen molar-refractivity contribution in [2.75, 3.05) is 54.5 Å². The summed E-state index contributed by atoms with van der Waals surface area (Å²) in [5.74, 6) is 0.924. The van der Waals surface area contributed by atoms with E-state index in [-0.39, 0.29) is 11.8 Å². The first-order chi connectivity index (χ1) is 14.1. The Kier molecular flexibility index (Phi) is 5.94. The number of anilines is 3. The SMILES string of the molecule is Cc1ccc(NC(=O)C2CCN(c3cnc(N4CCOCC4)nc3)CC2)cc1C. The number of carbonyl (C=O) groups excluding carboxylic acids is 1. The van der Waals surface area contributed by atoms with Gasteiger partial charge in [0.2, 0.25) is 11.9 Å². The molecule has 2 saturated heterocycles. The highest BCUT2D eigenvalue weighted by molar-refractivity contribution is 5.92. The van der Waals surface area contributed by atoms with E-state index in [0.29, 0.717) is 0 Å². The van der Waals surface area contributed by atoms with Crippen molar-refractivity contribution in [3.05, 3.63) is 41.7 Å². The third-order valence-corrected chi connectivity index (χ3v) is 5.92. The van der Waals surface area contributed by atoms with E-state index in [1.165, 1.54) is 11.1 Å². The highest BCUT2D eigenvalue weighted by Gasteiger charge is 2.26.